The molecule has 0 spiro atoms. The smallest absolute Gasteiger partial charge is 0.387 e. The Morgan fingerprint density at radius 2 is 1.82 bits per heavy atom. The number of benzene rings is 2. The van der Waals surface area contributed by atoms with Crippen LogP contribution in [-0.4, -0.2) is 30.4 Å². The van der Waals surface area contributed by atoms with Crippen molar-refractivity contribution in [2.75, 3.05) is 7.05 Å². The molecule has 1 atom stereocenters. The third-order valence-corrected chi connectivity index (χ3v) is 4.50. The summed E-state index contributed by atoms with van der Waals surface area (Å²) in [6, 6.07) is 9.78. The van der Waals surface area contributed by atoms with Crippen LogP contribution in [-0.2, 0) is 10.3 Å². The third kappa shape index (κ3) is 3.21. The Labute approximate surface area is 159 Å². The van der Waals surface area contributed by atoms with Gasteiger partial charge in [0.2, 0.25) is 0 Å². The van der Waals surface area contributed by atoms with E-state index in [1.54, 1.807) is 19.1 Å². The lowest BCUT2D eigenvalue weighted by Gasteiger charge is -2.26. The zero-order valence-electron chi connectivity index (χ0n) is 15.2. The van der Waals surface area contributed by atoms with Crippen LogP contribution in [0, 0.1) is 5.82 Å². The summed E-state index contributed by atoms with van der Waals surface area (Å²) in [7, 11) is 1.48. The minimum Gasteiger partial charge on any atom is -0.435 e. The van der Waals surface area contributed by atoms with E-state index in [0.29, 0.717) is 11.1 Å². The Morgan fingerprint density at radius 1 is 1.18 bits per heavy atom. The van der Waals surface area contributed by atoms with Crippen molar-refractivity contribution < 1.29 is 22.7 Å². The number of allylic oxidation sites excluding steroid dienone is 1. The molecule has 3 rings (SSSR count). The molecule has 2 N–H and O–H groups in total. The van der Waals surface area contributed by atoms with Gasteiger partial charge < -0.3 is 10.5 Å². The fourth-order valence-corrected chi connectivity index (χ4v) is 3.14. The van der Waals surface area contributed by atoms with Crippen LogP contribution in [0.2, 0.25) is 0 Å². The number of alkyl halides is 2. The number of ether oxygens (including phenoxy) is 1. The van der Waals surface area contributed by atoms with Crippen LogP contribution in [0.5, 0.6) is 5.75 Å². The lowest BCUT2D eigenvalue weighted by molar-refractivity contribution is -0.129. The highest BCUT2D eigenvalue weighted by Gasteiger charge is 2.49. The molecule has 2 aromatic rings. The molecule has 28 heavy (non-hydrogen) atoms. The van der Waals surface area contributed by atoms with Gasteiger partial charge in [0.05, 0.1) is 0 Å². The van der Waals surface area contributed by atoms with Gasteiger partial charge in [0, 0.05) is 12.6 Å². The average molecular weight is 389 g/mol. The van der Waals surface area contributed by atoms with Gasteiger partial charge in [0.25, 0.3) is 5.91 Å². The van der Waals surface area contributed by atoms with Gasteiger partial charge in [-0.15, -0.1) is 0 Å². The fourth-order valence-electron chi connectivity index (χ4n) is 3.14. The van der Waals surface area contributed by atoms with Crippen LogP contribution in [0.15, 0.2) is 53.5 Å². The van der Waals surface area contributed by atoms with Gasteiger partial charge in [0.1, 0.15) is 11.6 Å². The first-order valence-corrected chi connectivity index (χ1v) is 8.41. The molecule has 0 aliphatic carbocycles. The maximum absolute atomic E-state index is 14.1. The molecule has 0 saturated carbocycles. The van der Waals surface area contributed by atoms with E-state index >= 15 is 0 Å². The van der Waals surface area contributed by atoms with Crippen molar-refractivity contribution in [2.45, 2.75) is 19.1 Å². The molecule has 0 radical (unpaired) electrons. The van der Waals surface area contributed by atoms with Gasteiger partial charge in [-0.05, 0) is 42.3 Å². The Kier molecular flexibility index (Phi) is 5.13. The van der Waals surface area contributed by atoms with Crippen LogP contribution in [0.3, 0.4) is 0 Å². The highest BCUT2D eigenvalue weighted by atomic mass is 19.3. The molecular formula is C20H18F3N3O2. The van der Waals surface area contributed by atoms with Crippen LogP contribution < -0.4 is 10.5 Å². The fraction of sp³-hybridized carbons (Fsp3) is 0.200. The predicted octanol–water partition coefficient (Wildman–Crippen LogP) is 3.49. The molecule has 0 fully saturated rings. The zero-order chi connectivity index (χ0) is 20.5. The Bertz CT molecular complexity index is 958. The molecular weight excluding hydrogens is 371 g/mol. The molecule has 2 aromatic carbocycles. The zero-order valence-corrected chi connectivity index (χ0v) is 15.2. The van der Waals surface area contributed by atoms with Crippen molar-refractivity contribution in [3.05, 3.63) is 71.0 Å². The van der Waals surface area contributed by atoms with E-state index < -0.39 is 23.9 Å². The number of rotatable bonds is 5. The van der Waals surface area contributed by atoms with Crippen molar-refractivity contribution in [1.82, 2.24) is 4.90 Å². The van der Waals surface area contributed by atoms with Crippen molar-refractivity contribution >= 4 is 17.9 Å². The summed E-state index contributed by atoms with van der Waals surface area (Å²) in [5.74, 6) is -0.952. The predicted molar refractivity (Wildman–Crippen MR) is 99.4 cm³/mol. The van der Waals surface area contributed by atoms with Crippen molar-refractivity contribution in [3.63, 3.8) is 0 Å². The highest BCUT2D eigenvalue weighted by Crippen LogP contribution is 2.40. The first-order valence-electron chi connectivity index (χ1n) is 8.41. The summed E-state index contributed by atoms with van der Waals surface area (Å²) < 4.78 is 43.3. The Hall–Kier alpha value is -3.29. The second-order valence-electron chi connectivity index (χ2n) is 6.18. The minimum absolute atomic E-state index is 0.00480. The van der Waals surface area contributed by atoms with Crippen molar-refractivity contribution in [2.24, 2.45) is 10.7 Å². The van der Waals surface area contributed by atoms with E-state index in [2.05, 4.69) is 9.73 Å². The molecule has 0 unspecified atom stereocenters. The first-order chi connectivity index (χ1) is 13.3. The van der Waals surface area contributed by atoms with E-state index in [9.17, 15) is 18.0 Å². The number of aliphatic imine (C=N–C) groups is 1. The molecule has 0 aromatic heterocycles. The summed E-state index contributed by atoms with van der Waals surface area (Å²) in [4.78, 5) is 18.7. The lowest BCUT2D eigenvalue weighted by Crippen LogP contribution is -2.41. The molecule has 1 heterocycles. The number of likely N-dealkylation sites (N-methyl/N-ethyl adjacent to an activating group) is 1. The number of hydrogen-bond acceptors (Lipinski definition) is 4. The van der Waals surface area contributed by atoms with E-state index in [0.717, 1.165) is 0 Å². The average Bonchev–Trinajstić information content (AvgIpc) is 2.89. The number of hydrogen-bond donors (Lipinski definition) is 1. The summed E-state index contributed by atoms with van der Waals surface area (Å²) >= 11 is 0. The maximum Gasteiger partial charge on any atom is 0.387 e. The molecule has 1 aliphatic heterocycles. The first kappa shape index (κ1) is 19.5. The Morgan fingerprint density at radius 3 is 2.36 bits per heavy atom. The summed E-state index contributed by atoms with van der Waals surface area (Å²) in [5.41, 5.74) is 5.42. The van der Waals surface area contributed by atoms with Crippen LogP contribution in [0.25, 0.3) is 6.08 Å². The number of carbonyl (C=O) groups is 1. The van der Waals surface area contributed by atoms with E-state index in [1.807, 2.05) is 0 Å². The molecule has 1 aliphatic rings. The standard InChI is InChI=1S/C20H18F3N3O2/c1-3-4-12-11-14(7-10-16(12)21)20(17(27)26(2)19(24)25-20)13-5-8-15(9-6-13)28-18(22)23/h3-11,18H,1-2H3,(H2,24,25)/b4-3-/t20-/m0/s1. The van der Waals surface area contributed by atoms with E-state index in [-0.39, 0.29) is 17.3 Å². The van der Waals surface area contributed by atoms with E-state index in [1.165, 1.54) is 54.4 Å². The minimum atomic E-state index is -2.96. The molecule has 0 saturated heterocycles. The second kappa shape index (κ2) is 7.38. The number of carbonyl (C=O) groups excluding carboxylic acids is 1. The van der Waals surface area contributed by atoms with Gasteiger partial charge in [-0.3, -0.25) is 9.69 Å². The number of nitrogens with zero attached hydrogens (tertiary/aromatic N) is 2. The monoisotopic (exact) mass is 389 g/mol. The molecule has 5 nitrogen and oxygen atoms in total. The largest absolute Gasteiger partial charge is 0.435 e. The third-order valence-electron chi connectivity index (χ3n) is 4.50. The van der Waals surface area contributed by atoms with Gasteiger partial charge in [-0.25, -0.2) is 9.38 Å². The van der Waals surface area contributed by atoms with Gasteiger partial charge in [-0.1, -0.05) is 30.4 Å². The molecule has 1 amide bonds. The Balaban J connectivity index is 2.19. The number of halogens is 3. The quantitative estimate of drug-likeness (QED) is 0.851. The number of guanidine groups is 1. The molecule has 8 heteroatoms. The van der Waals surface area contributed by atoms with Crippen molar-refractivity contribution in [1.29, 1.82) is 0 Å². The van der Waals surface area contributed by atoms with Crippen LogP contribution in [0.1, 0.15) is 23.6 Å². The van der Waals surface area contributed by atoms with Gasteiger partial charge >= 0.3 is 6.61 Å². The SMILES string of the molecule is C/C=C\c1cc([C@]2(c3ccc(OC(F)F)cc3)N=C(N)N(C)C2=O)ccc1F. The van der Waals surface area contributed by atoms with Crippen molar-refractivity contribution in [3.8, 4) is 5.75 Å². The normalized spacial score (nSPS) is 19.6. The topological polar surface area (TPSA) is 67.9 Å². The lowest BCUT2D eigenvalue weighted by atomic mass is 9.82. The summed E-state index contributed by atoms with van der Waals surface area (Å²) in [6.45, 7) is -1.22. The maximum atomic E-state index is 14.1. The van der Waals surface area contributed by atoms with Gasteiger partial charge in [0.15, 0.2) is 11.5 Å². The van der Waals surface area contributed by atoms with Crippen LogP contribution >= 0.6 is 0 Å². The molecule has 146 valence electrons. The highest BCUT2D eigenvalue weighted by molar-refractivity contribution is 6.09. The summed E-state index contributed by atoms with van der Waals surface area (Å²) in [5, 5.41) is 0. The second-order valence-corrected chi connectivity index (χ2v) is 6.18. The van der Waals surface area contributed by atoms with Gasteiger partial charge in [-0.2, -0.15) is 8.78 Å². The number of amides is 1. The number of nitrogens with two attached hydrogens (primary N) is 1. The summed E-state index contributed by atoms with van der Waals surface area (Å²) in [6.07, 6.45) is 3.24. The van der Waals surface area contributed by atoms with E-state index in [4.69, 9.17) is 5.73 Å². The molecule has 0 bridgehead atoms. The van der Waals surface area contributed by atoms with Crippen LogP contribution in [0.4, 0.5) is 13.2 Å².